The Kier molecular flexibility index (Phi) is 3.25. The molecule has 0 saturated heterocycles. The normalized spacial score (nSPS) is 10.5. The van der Waals surface area contributed by atoms with Crippen LogP contribution in [0.5, 0.6) is 0 Å². The van der Waals surface area contributed by atoms with E-state index in [1.807, 2.05) is 42.5 Å². The number of nitrogens with zero attached hydrogens (tertiary/aromatic N) is 1. The first kappa shape index (κ1) is 12.5. The molecule has 1 aromatic heterocycles. The van der Waals surface area contributed by atoms with Gasteiger partial charge in [0.1, 0.15) is 11.6 Å². The summed E-state index contributed by atoms with van der Waals surface area (Å²) in [6, 6.07) is 16.8. The van der Waals surface area contributed by atoms with Crippen LogP contribution in [0, 0.1) is 11.6 Å². The first-order valence-corrected chi connectivity index (χ1v) is 6.21. The van der Waals surface area contributed by atoms with E-state index in [-0.39, 0.29) is 0 Å². The molecular formula is C17H11F2N. The molecule has 0 N–H and O–H groups in total. The Labute approximate surface area is 115 Å². The SMILES string of the molecule is Fc1cc(F)cc(-c2ncccc2-c2ccccc2)c1. The Balaban J connectivity index is 2.20. The Bertz CT molecular complexity index is 719. The van der Waals surface area contributed by atoms with Crippen molar-refractivity contribution in [1.29, 1.82) is 0 Å². The highest BCUT2D eigenvalue weighted by Gasteiger charge is 2.10. The van der Waals surface area contributed by atoms with Crippen molar-refractivity contribution in [3.8, 4) is 22.4 Å². The standard InChI is InChI=1S/C17H11F2N/c18-14-9-13(10-15(19)11-14)17-16(7-4-8-20-17)12-5-2-1-3-6-12/h1-11H. The predicted octanol–water partition coefficient (Wildman–Crippen LogP) is 4.69. The van der Waals surface area contributed by atoms with Gasteiger partial charge in [-0.2, -0.15) is 0 Å². The van der Waals surface area contributed by atoms with Crippen molar-refractivity contribution in [3.63, 3.8) is 0 Å². The molecule has 0 aliphatic heterocycles. The van der Waals surface area contributed by atoms with Crippen molar-refractivity contribution in [2.75, 3.05) is 0 Å². The van der Waals surface area contributed by atoms with Crippen molar-refractivity contribution in [2.24, 2.45) is 0 Å². The van der Waals surface area contributed by atoms with Gasteiger partial charge in [-0.25, -0.2) is 8.78 Å². The van der Waals surface area contributed by atoms with E-state index in [9.17, 15) is 8.78 Å². The van der Waals surface area contributed by atoms with Crippen LogP contribution in [0.4, 0.5) is 8.78 Å². The molecule has 2 aromatic carbocycles. The number of aromatic nitrogens is 1. The van der Waals surface area contributed by atoms with Crippen LogP contribution in [-0.2, 0) is 0 Å². The topological polar surface area (TPSA) is 12.9 Å². The second-order valence-electron chi connectivity index (χ2n) is 4.42. The van der Waals surface area contributed by atoms with Gasteiger partial charge >= 0.3 is 0 Å². The lowest BCUT2D eigenvalue weighted by molar-refractivity contribution is 0.584. The molecular weight excluding hydrogens is 256 g/mol. The Morgan fingerprint density at radius 2 is 1.40 bits per heavy atom. The van der Waals surface area contributed by atoms with Gasteiger partial charge in [-0.05, 0) is 23.8 Å². The maximum Gasteiger partial charge on any atom is 0.126 e. The minimum atomic E-state index is -0.607. The van der Waals surface area contributed by atoms with Crippen molar-refractivity contribution < 1.29 is 8.78 Å². The molecule has 0 spiro atoms. The molecule has 0 radical (unpaired) electrons. The minimum absolute atomic E-state index is 0.432. The minimum Gasteiger partial charge on any atom is -0.256 e. The molecule has 98 valence electrons. The third kappa shape index (κ3) is 2.43. The summed E-state index contributed by atoms with van der Waals surface area (Å²) in [6.07, 6.45) is 1.62. The molecule has 1 heterocycles. The lowest BCUT2D eigenvalue weighted by Gasteiger charge is -2.09. The fourth-order valence-corrected chi connectivity index (χ4v) is 2.18. The molecule has 3 rings (SSSR count). The molecule has 0 aliphatic carbocycles. The van der Waals surface area contributed by atoms with Gasteiger partial charge < -0.3 is 0 Å². The van der Waals surface area contributed by atoms with E-state index in [2.05, 4.69) is 4.98 Å². The summed E-state index contributed by atoms with van der Waals surface area (Å²) in [7, 11) is 0. The Morgan fingerprint density at radius 1 is 0.700 bits per heavy atom. The van der Waals surface area contributed by atoms with Crippen molar-refractivity contribution in [3.05, 3.63) is 78.5 Å². The summed E-state index contributed by atoms with van der Waals surface area (Å²) in [6.45, 7) is 0. The number of halogens is 2. The van der Waals surface area contributed by atoms with Crippen LogP contribution < -0.4 is 0 Å². The lowest BCUT2D eigenvalue weighted by Crippen LogP contribution is -1.91. The van der Waals surface area contributed by atoms with Crippen molar-refractivity contribution >= 4 is 0 Å². The molecule has 0 bridgehead atoms. The number of rotatable bonds is 2. The highest BCUT2D eigenvalue weighted by molar-refractivity contribution is 5.80. The highest BCUT2D eigenvalue weighted by atomic mass is 19.1. The zero-order chi connectivity index (χ0) is 13.9. The summed E-state index contributed by atoms with van der Waals surface area (Å²) in [5.41, 5.74) is 2.80. The van der Waals surface area contributed by atoms with E-state index in [1.165, 1.54) is 12.1 Å². The summed E-state index contributed by atoms with van der Waals surface area (Å²) in [5, 5.41) is 0. The highest BCUT2D eigenvalue weighted by Crippen LogP contribution is 2.30. The zero-order valence-electron chi connectivity index (χ0n) is 10.6. The van der Waals surface area contributed by atoms with E-state index in [4.69, 9.17) is 0 Å². The second-order valence-corrected chi connectivity index (χ2v) is 4.42. The van der Waals surface area contributed by atoms with Crippen molar-refractivity contribution in [2.45, 2.75) is 0 Å². The van der Waals surface area contributed by atoms with E-state index in [1.54, 1.807) is 6.20 Å². The Morgan fingerprint density at radius 3 is 2.10 bits per heavy atom. The zero-order valence-corrected chi connectivity index (χ0v) is 10.6. The average molecular weight is 267 g/mol. The largest absolute Gasteiger partial charge is 0.256 e. The maximum absolute atomic E-state index is 13.4. The number of benzene rings is 2. The van der Waals surface area contributed by atoms with Gasteiger partial charge in [0.25, 0.3) is 0 Å². The Hall–Kier alpha value is -2.55. The summed E-state index contributed by atoms with van der Waals surface area (Å²) in [5.74, 6) is -1.21. The monoisotopic (exact) mass is 267 g/mol. The fraction of sp³-hybridized carbons (Fsp3) is 0. The second kappa shape index (κ2) is 5.21. The van der Waals surface area contributed by atoms with E-state index in [0.717, 1.165) is 17.2 Å². The van der Waals surface area contributed by atoms with Gasteiger partial charge in [-0.3, -0.25) is 4.98 Å². The van der Waals surface area contributed by atoms with Gasteiger partial charge in [0.05, 0.1) is 5.69 Å². The molecule has 0 aliphatic rings. The van der Waals surface area contributed by atoms with Gasteiger partial charge in [0.2, 0.25) is 0 Å². The van der Waals surface area contributed by atoms with Crippen LogP contribution in [0.15, 0.2) is 66.9 Å². The van der Waals surface area contributed by atoms with Crippen LogP contribution in [0.2, 0.25) is 0 Å². The molecule has 0 saturated carbocycles. The van der Waals surface area contributed by atoms with Crippen LogP contribution in [0.1, 0.15) is 0 Å². The molecule has 20 heavy (non-hydrogen) atoms. The smallest absolute Gasteiger partial charge is 0.126 e. The fourth-order valence-electron chi connectivity index (χ4n) is 2.18. The van der Waals surface area contributed by atoms with E-state index >= 15 is 0 Å². The predicted molar refractivity (Wildman–Crippen MR) is 75.0 cm³/mol. The summed E-state index contributed by atoms with van der Waals surface area (Å²) in [4.78, 5) is 4.27. The summed E-state index contributed by atoms with van der Waals surface area (Å²) < 4.78 is 26.8. The van der Waals surface area contributed by atoms with Crippen LogP contribution >= 0.6 is 0 Å². The van der Waals surface area contributed by atoms with E-state index in [0.29, 0.717) is 11.3 Å². The summed E-state index contributed by atoms with van der Waals surface area (Å²) >= 11 is 0. The average Bonchev–Trinajstić information content (AvgIpc) is 2.47. The maximum atomic E-state index is 13.4. The molecule has 3 heteroatoms. The van der Waals surface area contributed by atoms with Crippen molar-refractivity contribution in [1.82, 2.24) is 4.98 Å². The number of hydrogen-bond donors (Lipinski definition) is 0. The van der Waals surface area contributed by atoms with Gasteiger partial charge in [-0.15, -0.1) is 0 Å². The molecule has 0 fully saturated rings. The van der Waals surface area contributed by atoms with E-state index < -0.39 is 11.6 Å². The van der Waals surface area contributed by atoms with Gasteiger partial charge in [-0.1, -0.05) is 36.4 Å². The molecule has 0 atom stereocenters. The lowest BCUT2D eigenvalue weighted by atomic mass is 9.99. The molecule has 1 nitrogen and oxygen atoms in total. The van der Waals surface area contributed by atoms with Gasteiger partial charge in [0, 0.05) is 23.4 Å². The molecule has 0 amide bonds. The third-order valence-electron chi connectivity index (χ3n) is 3.03. The first-order valence-electron chi connectivity index (χ1n) is 6.21. The molecule has 0 unspecified atom stereocenters. The third-order valence-corrected chi connectivity index (χ3v) is 3.03. The number of pyridine rings is 1. The van der Waals surface area contributed by atoms with Crippen LogP contribution in [-0.4, -0.2) is 4.98 Å². The van der Waals surface area contributed by atoms with Crippen LogP contribution in [0.25, 0.3) is 22.4 Å². The molecule has 3 aromatic rings. The first-order chi connectivity index (χ1) is 9.74. The van der Waals surface area contributed by atoms with Crippen LogP contribution in [0.3, 0.4) is 0 Å². The number of hydrogen-bond acceptors (Lipinski definition) is 1. The van der Waals surface area contributed by atoms with Gasteiger partial charge in [0.15, 0.2) is 0 Å². The quantitative estimate of drug-likeness (QED) is 0.656.